The van der Waals surface area contributed by atoms with Crippen molar-refractivity contribution in [3.05, 3.63) is 38.4 Å². The molecule has 0 atom stereocenters. The molecule has 2 rings (SSSR count). The fraction of sp³-hybridized carbons (Fsp3) is 0.500. The van der Waals surface area contributed by atoms with E-state index in [2.05, 4.69) is 10.2 Å². The first-order chi connectivity index (χ1) is 10.9. The zero-order chi connectivity index (χ0) is 17.0. The van der Waals surface area contributed by atoms with Crippen molar-refractivity contribution in [2.45, 2.75) is 18.9 Å². The van der Waals surface area contributed by atoms with E-state index in [1.807, 2.05) is 7.05 Å². The van der Waals surface area contributed by atoms with Crippen LogP contribution in [0.15, 0.2) is 23.5 Å². The van der Waals surface area contributed by atoms with Crippen LogP contribution < -0.4 is 4.84 Å². The quantitative estimate of drug-likeness (QED) is 0.377. The van der Waals surface area contributed by atoms with Crippen LogP contribution >= 0.6 is 0 Å². The van der Waals surface area contributed by atoms with Gasteiger partial charge in [-0.05, 0) is 13.1 Å². The van der Waals surface area contributed by atoms with Gasteiger partial charge in [0.15, 0.2) is 0 Å². The lowest BCUT2D eigenvalue weighted by molar-refractivity contribution is -0.858. The summed E-state index contributed by atoms with van der Waals surface area (Å²) in [5, 5.41) is 34.9. The number of nitro groups is 2. The average molecular weight is 326 g/mol. The van der Waals surface area contributed by atoms with Crippen LogP contribution in [0.4, 0.5) is 11.4 Å². The van der Waals surface area contributed by atoms with Gasteiger partial charge in [0.25, 0.3) is 5.69 Å². The van der Waals surface area contributed by atoms with Crippen molar-refractivity contribution < 1.29 is 24.8 Å². The Morgan fingerprint density at radius 1 is 1.26 bits per heavy atom. The molecule has 0 amide bonds. The van der Waals surface area contributed by atoms with E-state index < -0.39 is 21.2 Å². The molecule has 1 N–H and O–H groups in total. The van der Waals surface area contributed by atoms with Gasteiger partial charge in [0.1, 0.15) is 4.86 Å². The van der Waals surface area contributed by atoms with Crippen molar-refractivity contribution in [3.63, 3.8) is 0 Å². The Morgan fingerprint density at radius 3 is 2.48 bits per heavy atom. The maximum atomic E-state index is 11.0. The second kappa shape index (κ2) is 6.96. The summed E-state index contributed by atoms with van der Waals surface area (Å²) < 4.78 is 0. The predicted octanol–water partition coefficient (Wildman–Crippen LogP) is 1.74. The Labute approximate surface area is 130 Å². The molecule has 1 heterocycles. The van der Waals surface area contributed by atoms with Gasteiger partial charge in [-0.1, -0.05) is 0 Å². The van der Waals surface area contributed by atoms with E-state index in [-0.39, 0.29) is 11.8 Å². The molecule has 0 saturated carbocycles. The van der Waals surface area contributed by atoms with Crippen molar-refractivity contribution in [1.29, 1.82) is 0 Å². The fourth-order valence-electron chi connectivity index (χ4n) is 2.22. The number of likely N-dealkylation sites (tertiary alicyclic amines) is 1. The standard InChI is InChI=1S/C12H16N5O6/c1-14-6-4-9(5-7-14)15(18)13-23-12-3-2-10(16(19)20)8-11(12)17(21)22/h2-3,8-9H,4-7H2,1H3,(H,13,18)/q+1. The van der Waals surface area contributed by atoms with Gasteiger partial charge in [-0.3, -0.25) is 30.3 Å². The first-order valence-electron chi connectivity index (χ1n) is 6.86. The summed E-state index contributed by atoms with van der Waals surface area (Å²) >= 11 is 0. The highest BCUT2D eigenvalue weighted by Gasteiger charge is 2.29. The van der Waals surface area contributed by atoms with Gasteiger partial charge < -0.3 is 4.90 Å². The molecule has 1 saturated heterocycles. The van der Waals surface area contributed by atoms with E-state index in [4.69, 9.17) is 4.84 Å². The third-order valence-electron chi connectivity index (χ3n) is 3.59. The highest BCUT2D eigenvalue weighted by Crippen LogP contribution is 2.31. The number of rotatable bonds is 5. The number of hydrogen-bond donors (Lipinski definition) is 1. The van der Waals surface area contributed by atoms with Crippen LogP contribution in [0.3, 0.4) is 0 Å². The molecule has 23 heavy (non-hydrogen) atoms. The third kappa shape index (κ3) is 4.10. The summed E-state index contributed by atoms with van der Waals surface area (Å²) in [6.45, 7) is 1.57. The van der Waals surface area contributed by atoms with Crippen LogP contribution in [0.1, 0.15) is 12.8 Å². The zero-order valence-electron chi connectivity index (χ0n) is 12.4. The molecule has 1 aliphatic heterocycles. The molecule has 1 aromatic rings. The van der Waals surface area contributed by atoms with E-state index in [0.29, 0.717) is 17.7 Å². The molecular formula is C12H16N5O6+. The Kier molecular flexibility index (Phi) is 5.01. The van der Waals surface area contributed by atoms with E-state index in [9.17, 15) is 25.4 Å². The summed E-state index contributed by atoms with van der Waals surface area (Å²) in [7, 11) is 1.96. The highest BCUT2D eigenvalue weighted by molar-refractivity contribution is 5.53. The van der Waals surface area contributed by atoms with Crippen molar-refractivity contribution in [2.24, 2.45) is 5.28 Å². The maximum Gasteiger partial charge on any atom is 0.321 e. The number of hydrogen-bond acceptors (Lipinski definition) is 7. The minimum atomic E-state index is -0.810. The summed E-state index contributed by atoms with van der Waals surface area (Å²) in [6, 6.07) is 2.67. The number of non-ortho nitro benzene ring substituents is 1. The summed E-state index contributed by atoms with van der Waals surface area (Å²) in [4.78, 5) is 27.7. The molecule has 0 radical (unpaired) electrons. The van der Waals surface area contributed by atoms with Crippen molar-refractivity contribution >= 4 is 11.4 Å². The molecule has 0 bridgehead atoms. The minimum Gasteiger partial charge on any atom is -0.306 e. The molecular weight excluding hydrogens is 310 g/mol. The van der Waals surface area contributed by atoms with Gasteiger partial charge in [0.05, 0.1) is 15.9 Å². The normalized spacial score (nSPS) is 17.0. The lowest BCUT2D eigenvalue weighted by atomic mass is 10.1. The van der Waals surface area contributed by atoms with Gasteiger partial charge in [-0.25, -0.2) is 0 Å². The van der Waals surface area contributed by atoms with E-state index in [1.165, 1.54) is 0 Å². The second-order valence-corrected chi connectivity index (χ2v) is 5.19. The number of hydroxylamine groups is 1. The summed E-state index contributed by atoms with van der Waals surface area (Å²) in [6.07, 6.45) is 1.34. The van der Waals surface area contributed by atoms with Crippen LogP contribution in [0.25, 0.3) is 0 Å². The highest BCUT2D eigenvalue weighted by atomic mass is 16.7. The SMILES string of the molecule is CN1CCC(/[N+](O)=N/Oc2ccc([N+](=O)[O-])cc2[N+](=O)[O-])CC1. The number of benzene rings is 1. The van der Waals surface area contributed by atoms with Crippen LogP contribution in [0.2, 0.25) is 0 Å². The average Bonchev–Trinajstić information content (AvgIpc) is 2.52. The van der Waals surface area contributed by atoms with Crippen LogP contribution in [0.5, 0.6) is 5.75 Å². The minimum absolute atomic E-state index is 0.247. The van der Waals surface area contributed by atoms with Gasteiger partial charge in [-0.15, -0.1) is 0 Å². The van der Waals surface area contributed by atoms with Gasteiger partial charge >= 0.3 is 5.69 Å². The third-order valence-corrected chi connectivity index (χ3v) is 3.59. The Balaban J connectivity index is 2.14. The molecule has 11 nitrogen and oxygen atoms in total. The lowest BCUT2D eigenvalue weighted by Crippen LogP contribution is -2.37. The van der Waals surface area contributed by atoms with E-state index in [1.54, 1.807) is 0 Å². The predicted molar refractivity (Wildman–Crippen MR) is 75.4 cm³/mol. The van der Waals surface area contributed by atoms with Crippen molar-refractivity contribution in [3.8, 4) is 5.75 Å². The zero-order valence-corrected chi connectivity index (χ0v) is 12.4. The van der Waals surface area contributed by atoms with E-state index >= 15 is 0 Å². The Bertz CT molecular complexity index is 641. The molecule has 0 aromatic heterocycles. The number of piperidine rings is 1. The topological polar surface area (TPSA) is 134 Å². The van der Waals surface area contributed by atoms with Gasteiger partial charge in [-0.2, -0.15) is 0 Å². The molecule has 0 unspecified atom stereocenters. The largest absolute Gasteiger partial charge is 0.321 e. The van der Waals surface area contributed by atoms with Crippen LogP contribution in [0, 0.1) is 20.2 Å². The lowest BCUT2D eigenvalue weighted by Gasteiger charge is -2.22. The van der Waals surface area contributed by atoms with Gasteiger partial charge in [0.2, 0.25) is 17.1 Å². The second-order valence-electron chi connectivity index (χ2n) is 5.19. The van der Waals surface area contributed by atoms with Crippen LogP contribution in [-0.4, -0.2) is 51.0 Å². The van der Waals surface area contributed by atoms with Gasteiger partial charge in [0, 0.05) is 32.0 Å². The Hall–Kier alpha value is -2.82. The molecule has 1 aliphatic rings. The first-order valence-corrected chi connectivity index (χ1v) is 6.86. The Morgan fingerprint density at radius 2 is 1.91 bits per heavy atom. The molecule has 0 aliphatic carbocycles. The first kappa shape index (κ1) is 16.5. The number of nitro benzene ring substituents is 2. The molecule has 1 aromatic carbocycles. The van der Waals surface area contributed by atoms with Crippen LogP contribution in [-0.2, 0) is 0 Å². The molecule has 0 spiro atoms. The summed E-state index contributed by atoms with van der Waals surface area (Å²) in [5.74, 6) is -0.285. The molecule has 1 fully saturated rings. The van der Waals surface area contributed by atoms with E-state index in [0.717, 1.165) is 31.3 Å². The van der Waals surface area contributed by atoms with Crippen molar-refractivity contribution in [2.75, 3.05) is 20.1 Å². The summed E-state index contributed by atoms with van der Waals surface area (Å²) in [5.41, 5.74) is -1.03. The number of nitrogens with zero attached hydrogens (tertiary/aromatic N) is 5. The van der Waals surface area contributed by atoms with Crippen molar-refractivity contribution in [1.82, 2.24) is 4.90 Å². The smallest absolute Gasteiger partial charge is 0.306 e. The maximum absolute atomic E-state index is 11.0. The monoisotopic (exact) mass is 326 g/mol. The fourth-order valence-corrected chi connectivity index (χ4v) is 2.22. The molecule has 11 heteroatoms. The molecule has 124 valence electrons.